The van der Waals surface area contributed by atoms with Gasteiger partial charge < -0.3 is 40.7 Å². The summed E-state index contributed by atoms with van der Waals surface area (Å²) in [4.78, 5) is 69.7. The number of phenols is 1. The molecule has 0 heterocycles. The molecular weight excluding hydrogens is 702 g/mol. The monoisotopic (exact) mass is 741 g/mol. The number of benzene rings is 3. The second kappa shape index (κ2) is 14.4. The minimum Gasteiger partial charge on any atom is -0.508 e. The van der Waals surface area contributed by atoms with Gasteiger partial charge in [-0.3, -0.25) is 29.0 Å². The Labute approximate surface area is 309 Å². The van der Waals surface area contributed by atoms with Crippen molar-refractivity contribution in [3.63, 3.8) is 0 Å². The van der Waals surface area contributed by atoms with Crippen LogP contribution >= 0.6 is 0 Å². The van der Waals surface area contributed by atoms with E-state index in [4.69, 9.17) is 15.2 Å². The molecule has 1 saturated carbocycles. The van der Waals surface area contributed by atoms with Gasteiger partial charge in [0.2, 0.25) is 5.78 Å². The zero-order chi connectivity index (χ0) is 39.2. The van der Waals surface area contributed by atoms with E-state index < -0.39 is 100.0 Å². The first-order valence-electron chi connectivity index (χ1n) is 17.0. The van der Waals surface area contributed by atoms with Crippen LogP contribution in [0.2, 0.25) is 0 Å². The van der Waals surface area contributed by atoms with Crippen molar-refractivity contribution in [3.05, 3.63) is 112 Å². The minimum absolute atomic E-state index is 0.00666. The third-order valence-corrected chi connectivity index (χ3v) is 10.3. The van der Waals surface area contributed by atoms with Crippen molar-refractivity contribution >= 4 is 41.0 Å². The number of carbonyl (C=O) groups excluding carboxylic acids is 5. The summed E-state index contributed by atoms with van der Waals surface area (Å²) >= 11 is 0. The molecule has 15 nitrogen and oxygen atoms in total. The molecule has 0 unspecified atom stereocenters. The molecule has 7 N–H and O–H groups in total. The van der Waals surface area contributed by atoms with E-state index in [0.29, 0.717) is 11.1 Å². The number of hydrogen-bond acceptors (Lipinski definition) is 13. The number of likely N-dealkylation sites (N-methyl/N-ethyl adjacent to an activating group) is 1. The van der Waals surface area contributed by atoms with E-state index in [1.54, 1.807) is 60.7 Å². The fourth-order valence-electron chi connectivity index (χ4n) is 7.87. The van der Waals surface area contributed by atoms with E-state index in [-0.39, 0.29) is 30.0 Å². The average Bonchev–Trinajstić information content (AvgIpc) is 3.14. The number of nitrogens with two attached hydrogens (primary N) is 1. The Morgan fingerprint density at radius 2 is 1.44 bits per heavy atom. The molecule has 0 saturated heterocycles. The molecule has 3 aliphatic carbocycles. The maximum absolute atomic E-state index is 14.4. The van der Waals surface area contributed by atoms with Gasteiger partial charge in [0.15, 0.2) is 11.4 Å². The van der Waals surface area contributed by atoms with Gasteiger partial charge in [-0.05, 0) is 48.8 Å². The fraction of sp³-hybridized carbons (Fsp3) is 0.308. The number of nitrogens with zero attached hydrogens (tertiary/aromatic N) is 2. The lowest BCUT2D eigenvalue weighted by Crippen LogP contribution is -2.70. The van der Waals surface area contributed by atoms with Crippen LogP contribution in [0.1, 0.15) is 35.1 Å². The van der Waals surface area contributed by atoms with Crippen molar-refractivity contribution in [3.8, 4) is 5.75 Å². The maximum atomic E-state index is 14.4. The minimum atomic E-state index is -3.10. The van der Waals surface area contributed by atoms with E-state index >= 15 is 0 Å². The van der Waals surface area contributed by atoms with E-state index in [9.17, 15) is 49.5 Å². The molecular formula is C39H39N3O12. The SMILES string of the molecule is C[C@@H]1c2c(N(CC(=O)OCc3ccccc3)C(=O)OCc3ccccc3)ccc(O)c2C(O)=C2C(=O)[C@@]3(O)C(O)=C(C(N)=O)C(=O)[C@@H](N(C)C)[C@@H]3[C@H](O)[C@H]21. The largest absolute Gasteiger partial charge is 0.508 e. The lowest BCUT2D eigenvalue weighted by molar-refractivity contribution is -0.169. The van der Waals surface area contributed by atoms with Crippen molar-refractivity contribution < 1.29 is 59.0 Å². The van der Waals surface area contributed by atoms with Crippen LogP contribution in [0.3, 0.4) is 0 Å². The van der Waals surface area contributed by atoms with Gasteiger partial charge >= 0.3 is 12.1 Å². The number of amides is 2. The highest BCUT2D eigenvalue weighted by Gasteiger charge is 2.68. The molecule has 0 bridgehead atoms. The standard InChI is InChI=1S/C39H39N3O12/c1-19-25-22(42(38(51)54-18-21-12-8-5-9-13-21)16-24(44)53-17-20-10-6-4-7-11-20)14-15-23(43)27(25)32(45)28-26(19)33(46)30-31(41(2)3)34(47)29(37(40)50)36(49)39(30,52)35(28)48/h4-15,19,26,30-31,33,43,45-46,49,52H,16-18H2,1-3H3,(H2,40,50)/t19-,26+,30-,31+,33-,39-/m1/s1. The first kappa shape index (κ1) is 37.7. The Morgan fingerprint density at radius 3 is 2.00 bits per heavy atom. The number of fused-ring (bicyclic) bond motifs is 3. The highest BCUT2D eigenvalue weighted by molar-refractivity contribution is 6.24. The summed E-state index contributed by atoms with van der Waals surface area (Å²) < 4.78 is 11.1. The van der Waals surface area contributed by atoms with Gasteiger partial charge in [0.1, 0.15) is 42.6 Å². The van der Waals surface area contributed by atoms with Crippen molar-refractivity contribution in [2.75, 3.05) is 25.5 Å². The number of carbonyl (C=O) groups is 5. The molecule has 0 spiro atoms. The Hall–Kier alpha value is -6.03. The molecule has 15 heteroatoms. The van der Waals surface area contributed by atoms with Crippen molar-refractivity contribution in [1.82, 2.24) is 4.90 Å². The summed E-state index contributed by atoms with van der Waals surface area (Å²) in [7, 11) is 2.80. The van der Waals surface area contributed by atoms with E-state index in [0.717, 1.165) is 11.0 Å². The second-order valence-electron chi connectivity index (χ2n) is 13.7. The van der Waals surface area contributed by atoms with Crippen molar-refractivity contribution in [2.24, 2.45) is 17.6 Å². The Kier molecular flexibility index (Phi) is 10.1. The number of primary amides is 1. The lowest BCUT2D eigenvalue weighted by atomic mass is 9.54. The van der Waals surface area contributed by atoms with Gasteiger partial charge in [-0.15, -0.1) is 0 Å². The molecule has 0 aromatic heterocycles. The first-order chi connectivity index (χ1) is 25.6. The average molecular weight is 742 g/mol. The van der Waals surface area contributed by atoms with E-state index in [1.807, 2.05) is 0 Å². The number of aliphatic hydroxyl groups is 4. The summed E-state index contributed by atoms with van der Waals surface area (Å²) in [6, 6.07) is 18.4. The van der Waals surface area contributed by atoms with Crippen LogP contribution in [0.15, 0.2) is 89.7 Å². The number of rotatable bonds is 9. The second-order valence-corrected chi connectivity index (χ2v) is 13.7. The number of aromatic hydroxyl groups is 1. The fourth-order valence-corrected chi connectivity index (χ4v) is 7.87. The molecule has 3 aliphatic rings. The highest BCUT2D eigenvalue weighted by Crippen LogP contribution is 2.57. The third-order valence-electron chi connectivity index (χ3n) is 10.3. The van der Waals surface area contributed by atoms with E-state index in [1.165, 1.54) is 32.0 Å². The highest BCUT2D eigenvalue weighted by atomic mass is 16.6. The molecule has 1 fully saturated rings. The van der Waals surface area contributed by atoms with Gasteiger partial charge in [-0.25, -0.2) is 4.79 Å². The zero-order valence-corrected chi connectivity index (χ0v) is 29.5. The molecule has 3 aromatic carbocycles. The Bertz CT molecular complexity index is 2100. The molecule has 282 valence electrons. The number of ether oxygens (including phenoxy) is 2. The number of ketones is 2. The van der Waals surface area contributed by atoms with Crippen molar-refractivity contribution in [1.29, 1.82) is 0 Å². The summed E-state index contributed by atoms with van der Waals surface area (Å²) in [6.07, 6.45) is -2.90. The predicted molar refractivity (Wildman–Crippen MR) is 191 cm³/mol. The van der Waals surface area contributed by atoms with Gasteiger partial charge in [0, 0.05) is 11.5 Å². The van der Waals surface area contributed by atoms with Gasteiger partial charge in [-0.2, -0.15) is 0 Å². The number of aliphatic hydroxyl groups excluding tert-OH is 3. The van der Waals surface area contributed by atoms with Crippen LogP contribution in [0, 0.1) is 11.8 Å². The zero-order valence-electron chi connectivity index (χ0n) is 29.5. The summed E-state index contributed by atoms with van der Waals surface area (Å²) in [5.41, 5.74) is 1.53. The van der Waals surface area contributed by atoms with Crippen LogP contribution in [0.25, 0.3) is 5.76 Å². The number of phenolic OH excluding ortho intramolecular Hbond substituents is 1. The molecule has 6 atom stereocenters. The Balaban J connectivity index is 1.48. The number of hydrogen-bond donors (Lipinski definition) is 6. The molecule has 0 radical (unpaired) electrons. The number of Topliss-reactive ketones (excluding diaryl/α,β-unsaturated/α-hetero) is 2. The normalized spacial score (nSPS) is 24.7. The van der Waals surface area contributed by atoms with Crippen LogP contribution in [-0.2, 0) is 41.9 Å². The van der Waals surface area contributed by atoms with Crippen LogP contribution < -0.4 is 10.6 Å². The molecule has 6 rings (SSSR count). The molecule has 54 heavy (non-hydrogen) atoms. The third kappa shape index (κ3) is 6.15. The summed E-state index contributed by atoms with van der Waals surface area (Å²) in [5, 5.41) is 58.2. The van der Waals surface area contributed by atoms with Gasteiger partial charge in [0.25, 0.3) is 5.91 Å². The maximum Gasteiger partial charge on any atom is 0.415 e. The van der Waals surface area contributed by atoms with Crippen LogP contribution in [0.4, 0.5) is 10.5 Å². The van der Waals surface area contributed by atoms with Crippen LogP contribution in [0.5, 0.6) is 5.75 Å². The molecule has 2 amide bonds. The Morgan fingerprint density at radius 1 is 0.870 bits per heavy atom. The smallest absolute Gasteiger partial charge is 0.415 e. The summed E-state index contributed by atoms with van der Waals surface area (Å²) in [5.74, 6) is -11.8. The number of anilines is 1. The first-order valence-corrected chi connectivity index (χ1v) is 17.0. The summed E-state index contributed by atoms with van der Waals surface area (Å²) in [6.45, 7) is 0.498. The molecule has 3 aromatic rings. The van der Waals surface area contributed by atoms with Gasteiger partial charge in [-0.1, -0.05) is 67.6 Å². The lowest BCUT2D eigenvalue weighted by Gasteiger charge is -2.54. The van der Waals surface area contributed by atoms with Crippen molar-refractivity contribution in [2.45, 2.75) is 43.8 Å². The van der Waals surface area contributed by atoms with Crippen LogP contribution in [-0.4, -0.2) is 98.4 Å². The topological polar surface area (TPSA) is 237 Å². The van der Waals surface area contributed by atoms with E-state index in [2.05, 4.69) is 0 Å². The number of esters is 1. The predicted octanol–water partition coefficient (Wildman–Crippen LogP) is 2.38. The van der Waals surface area contributed by atoms with Gasteiger partial charge in [0.05, 0.1) is 29.3 Å². The quantitative estimate of drug-likeness (QED) is 0.137. The molecule has 0 aliphatic heterocycles.